The first kappa shape index (κ1) is 15.4. The molecule has 0 spiro atoms. The smallest absolute Gasteiger partial charge is 0.287 e. The second kappa shape index (κ2) is 7.16. The molecule has 9 nitrogen and oxygen atoms in total. The van der Waals surface area contributed by atoms with Gasteiger partial charge < -0.3 is 10.1 Å². The third kappa shape index (κ3) is 4.24. The van der Waals surface area contributed by atoms with Crippen LogP contribution in [-0.4, -0.2) is 57.4 Å². The van der Waals surface area contributed by atoms with Crippen molar-refractivity contribution in [2.45, 2.75) is 6.54 Å². The maximum absolute atomic E-state index is 10.6. The Morgan fingerprint density at radius 1 is 1.26 bits per heavy atom. The standard InChI is InChI=1S/C14H18N6O3/c21-20(22)13-1-2-14(15-10-13)17-12-9-16-19(11-12)4-3-18-5-7-23-8-6-18/h1-2,9-11H,3-8H2,(H,15,17). The zero-order chi connectivity index (χ0) is 16.1. The summed E-state index contributed by atoms with van der Waals surface area (Å²) in [5.41, 5.74) is 0.769. The Bertz CT molecular complexity index is 651. The molecule has 0 amide bonds. The van der Waals surface area contributed by atoms with Crippen molar-refractivity contribution in [3.8, 4) is 0 Å². The van der Waals surface area contributed by atoms with Gasteiger partial charge in [-0.05, 0) is 6.07 Å². The Kier molecular flexibility index (Phi) is 4.79. The lowest BCUT2D eigenvalue weighted by atomic mass is 10.4. The predicted octanol–water partition coefficient (Wildman–Crippen LogP) is 1.26. The van der Waals surface area contributed by atoms with Crippen molar-refractivity contribution in [3.05, 3.63) is 40.8 Å². The summed E-state index contributed by atoms with van der Waals surface area (Å²) in [6.07, 6.45) is 4.83. The summed E-state index contributed by atoms with van der Waals surface area (Å²) in [5.74, 6) is 0.545. The molecule has 1 N–H and O–H groups in total. The zero-order valence-electron chi connectivity index (χ0n) is 12.6. The van der Waals surface area contributed by atoms with Gasteiger partial charge in [-0.15, -0.1) is 0 Å². The Hall–Kier alpha value is -2.52. The van der Waals surface area contributed by atoms with E-state index < -0.39 is 4.92 Å². The van der Waals surface area contributed by atoms with Crippen molar-refractivity contribution in [2.75, 3.05) is 38.2 Å². The minimum atomic E-state index is -0.472. The molecule has 1 fully saturated rings. The molecule has 23 heavy (non-hydrogen) atoms. The van der Waals surface area contributed by atoms with E-state index in [1.807, 2.05) is 10.9 Å². The lowest BCUT2D eigenvalue weighted by Gasteiger charge is -2.26. The summed E-state index contributed by atoms with van der Waals surface area (Å²) in [6.45, 7) is 5.23. The van der Waals surface area contributed by atoms with Gasteiger partial charge in [0.1, 0.15) is 12.0 Å². The average Bonchev–Trinajstić information content (AvgIpc) is 3.02. The largest absolute Gasteiger partial charge is 0.379 e. The van der Waals surface area contributed by atoms with Gasteiger partial charge in [0, 0.05) is 31.9 Å². The fraction of sp³-hybridized carbons (Fsp3) is 0.429. The van der Waals surface area contributed by atoms with Crippen LogP contribution in [0.3, 0.4) is 0 Å². The van der Waals surface area contributed by atoms with E-state index in [4.69, 9.17) is 4.74 Å². The van der Waals surface area contributed by atoms with E-state index in [9.17, 15) is 10.1 Å². The topological polar surface area (TPSA) is 98.4 Å². The van der Waals surface area contributed by atoms with Gasteiger partial charge in [-0.2, -0.15) is 5.10 Å². The number of nitrogens with one attached hydrogen (secondary N) is 1. The second-order valence-corrected chi connectivity index (χ2v) is 5.23. The van der Waals surface area contributed by atoms with Crippen LogP contribution in [0.2, 0.25) is 0 Å². The summed E-state index contributed by atoms with van der Waals surface area (Å²) in [6, 6.07) is 2.99. The van der Waals surface area contributed by atoms with Crippen molar-refractivity contribution < 1.29 is 9.66 Å². The maximum atomic E-state index is 10.6. The minimum Gasteiger partial charge on any atom is -0.379 e. The van der Waals surface area contributed by atoms with E-state index >= 15 is 0 Å². The molecule has 2 aromatic rings. The Balaban J connectivity index is 1.53. The van der Waals surface area contributed by atoms with Crippen molar-refractivity contribution in [1.82, 2.24) is 19.7 Å². The molecule has 0 saturated carbocycles. The molecule has 3 rings (SSSR count). The number of rotatable bonds is 6. The van der Waals surface area contributed by atoms with Crippen molar-refractivity contribution in [3.63, 3.8) is 0 Å². The molecule has 122 valence electrons. The average molecular weight is 318 g/mol. The van der Waals surface area contributed by atoms with E-state index in [1.54, 1.807) is 12.3 Å². The van der Waals surface area contributed by atoms with Gasteiger partial charge >= 0.3 is 0 Å². The summed E-state index contributed by atoms with van der Waals surface area (Å²) >= 11 is 0. The molecule has 1 saturated heterocycles. The van der Waals surface area contributed by atoms with Crippen LogP contribution < -0.4 is 5.32 Å². The number of nitrogens with zero attached hydrogens (tertiary/aromatic N) is 5. The van der Waals surface area contributed by atoms with Gasteiger partial charge in [0.2, 0.25) is 0 Å². The van der Waals surface area contributed by atoms with Crippen molar-refractivity contribution in [2.24, 2.45) is 0 Å². The first-order chi connectivity index (χ1) is 11.2. The van der Waals surface area contributed by atoms with E-state index in [2.05, 4.69) is 20.3 Å². The molecule has 0 unspecified atom stereocenters. The lowest BCUT2D eigenvalue weighted by Crippen LogP contribution is -2.38. The molecule has 9 heteroatoms. The molecule has 1 aliphatic rings. The van der Waals surface area contributed by atoms with E-state index in [0.717, 1.165) is 45.1 Å². The highest BCUT2D eigenvalue weighted by Gasteiger charge is 2.10. The molecular weight excluding hydrogens is 300 g/mol. The Morgan fingerprint density at radius 3 is 2.78 bits per heavy atom. The Labute approximate surface area is 133 Å². The minimum absolute atomic E-state index is 0.0308. The van der Waals surface area contributed by atoms with Crippen molar-refractivity contribution in [1.29, 1.82) is 0 Å². The van der Waals surface area contributed by atoms with Crippen LogP contribution >= 0.6 is 0 Å². The quantitative estimate of drug-likeness (QED) is 0.632. The number of ether oxygens (including phenoxy) is 1. The summed E-state index contributed by atoms with van der Waals surface area (Å²) in [5, 5.41) is 18.0. The molecule has 0 radical (unpaired) electrons. The third-order valence-electron chi connectivity index (χ3n) is 3.61. The molecule has 2 aromatic heterocycles. The van der Waals surface area contributed by atoms with Crippen molar-refractivity contribution >= 4 is 17.2 Å². The van der Waals surface area contributed by atoms with Gasteiger partial charge in [-0.3, -0.25) is 19.7 Å². The monoisotopic (exact) mass is 318 g/mol. The fourth-order valence-electron chi connectivity index (χ4n) is 2.33. The number of aromatic nitrogens is 3. The molecule has 0 aromatic carbocycles. The first-order valence-electron chi connectivity index (χ1n) is 7.41. The van der Waals surface area contributed by atoms with Crippen LogP contribution in [0.25, 0.3) is 0 Å². The van der Waals surface area contributed by atoms with E-state index in [-0.39, 0.29) is 5.69 Å². The number of nitro groups is 1. The fourth-order valence-corrected chi connectivity index (χ4v) is 2.33. The van der Waals surface area contributed by atoms with Crippen LogP contribution in [0.5, 0.6) is 0 Å². The van der Waals surface area contributed by atoms with Gasteiger partial charge in [0.05, 0.1) is 36.6 Å². The summed E-state index contributed by atoms with van der Waals surface area (Å²) in [7, 11) is 0. The van der Waals surface area contributed by atoms with Crippen LogP contribution in [0.4, 0.5) is 17.2 Å². The van der Waals surface area contributed by atoms with Gasteiger partial charge in [-0.25, -0.2) is 4.98 Å². The maximum Gasteiger partial charge on any atom is 0.287 e. The zero-order valence-corrected chi connectivity index (χ0v) is 12.6. The van der Waals surface area contributed by atoms with Gasteiger partial charge in [-0.1, -0.05) is 0 Å². The number of anilines is 2. The second-order valence-electron chi connectivity index (χ2n) is 5.23. The number of pyridine rings is 1. The first-order valence-corrected chi connectivity index (χ1v) is 7.41. The van der Waals surface area contributed by atoms with Crippen LogP contribution in [0, 0.1) is 10.1 Å². The van der Waals surface area contributed by atoms with Crippen LogP contribution in [0.1, 0.15) is 0 Å². The van der Waals surface area contributed by atoms with Gasteiger partial charge in [0.25, 0.3) is 5.69 Å². The highest BCUT2D eigenvalue weighted by atomic mass is 16.6. The normalized spacial score (nSPS) is 15.5. The number of hydrogen-bond donors (Lipinski definition) is 1. The van der Waals surface area contributed by atoms with Crippen LogP contribution in [-0.2, 0) is 11.3 Å². The Morgan fingerprint density at radius 2 is 2.09 bits per heavy atom. The summed E-state index contributed by atoms with van der Waals surface area (Å²) < 4.78 is 7.19. The highest BCUT2D eigenvalue weighted by Crippen LogP contribution is 2.16. The molecule has 3 heterocycles. The van der Waals surface area contributed by atoms with E-state index in [0.29, 0.717) is 5.82 Å². The summed E-state index contributed by atoms with van der Waals surface area (Å²) in [4.78, 5) is 16.5. The lowest BCUT2D eigenvalue weighted by molar-refractivity contribution is -0.385. The number of morpholine rings is 1. The van der Waals surface area contributed by atoms with Crippen LogP contribution in [0.15, 0.2) is 30.7 Å². The molecule has 0 aliphatic carbocycles. The molecule has 0 atom stereocenters. The van der Waals surface area contributed by atoms with E-state index in [1.165, 1.54) is 12.3 Å². The molecule has 1 aliphatic heterocycles. The third-order valence-corrected chi connectivity index (χ3v) is 3.61. The molecule has 0 bridgehead atoms. The predicted molar refractivity (Wildman–Crippen MR) is 83.7 cm³/mol. The number of hydrogen-bond acceptors (Lipinski definition) is 7. The molecular formula is C14H18N6O3. The van der Waals surface area contributed by atoms with Gasteiger partial charge in [0.15, 0.2) is 0 Å². The highest BCUT2D eigenvalue weighted by molar-refractivity contribution is 5.54. The SMILES string of the molecule is O=[N+]([O-])c1ccc(Nc2cnn(CCN3CCOCC3)c2)nc1.